The Morgan fingerprint density at radius 2 is 2.00 bits per heavy atom. The van der Waals surface area contributed by atoms with Crippen molar-refractivity contribution in [3.63, 3.8) is 0 Å². The van der Waals surface area contributed by atoms with Crippen molar-refractivity contribution in [1.82, 2.24) is 10.2 Å². The molecule has 156 valence electrons. The molecule has 1 aromatic heterocycles. The summed E-state index contributed by atoms with van der Waals surface area (Å²) in [5.41, 5.74) is 3.35. The number of benzene rings is 2. The van der Waals surface area contributed by atoms with Gasteiger partial charge < -0.3 is 4.74 Å². The molecule has 7 heteroatoms. The van der Waals surface area contributed by atoms with Gasteiger partial charge in [0.2, 0.25) is 5.13 Å². The zero-order valence-corrected chi connectivity index (χ0v) is 18.9. The molecule has 0 aliphatic rings. The van der Waals surface area contributed by atoms with Gasteiger partial charge in [0.15, 0.2) is 10.9 Å². The number of aromatic nitrogens is 2. The molecule has 3 rings (SSSR count). The number of thioether (sulfide) groups is 1. The predicted molar refractivity (Wildman–Crippen MR) is 126 cm³/mol. The van der Waals surface area contributed by atoms with E-state index in [4.69, 9.17) is 4.74 Å². The molecule has 0 aliphatic heterocycles. The van der Waals surface area contributed by atoms with E-state index in [1.165, 1.54) is 11.3 Å². The van der Waals surface area contributed by atoms with Crippen molar-refractivity contribution in [3.8, 4) is 5.75 Å². The smallest absolute Gasteiger partial charge is 0.264 e. The largest absolute Gasteiger partial charge is 0.483 e. The molecule has 0 aliphatic carbocycles. The number of aryl methyl sites for hydroxylation is 1. The van der Waals surface area contributed by atoms with Gasteiger partial charge in [0.05, 0.1) is 0 Å². The van der Waals surface area contributed by atoms with Crippen LogP contribution in [-0.2, 0) is 4.79 Å². The Hall–Kier alpha value is -2.64. The number of anilines is 1. The summed E-state index contributed by atoms with van der Waals surface area (Å²) < 4.78 is 6.58. The van der Waals surface area contributed by atoms with E-state index in [1.54, 1.807) is 11.8 Å². The van der Waals surface area contributed by atoms with Crippen LogP contribution in [0.4, 0.5) is 5.13 Å². The number of rotatable bonds is 9. The van der Waals surface area contributed by atoms with Gasteiger partial charge in [-0.3, -0.25) is 10.1 Å². The quantitative estimate of drug-likeness (QED) is 0.337. The van der Waals surface area contributed by atoms with E-state index in [-0.39, 0.29) is 12.5 Å². The van der Waals surface area contributed by atoms with Crippen molar-refractivity contribution in [2.75, 3.05) is 17.7 Å². The first kappa shape index (κ1) is 22.1. The molecule has 1 amide bonds. The minimum atomic E-state index is -0.247. The molecule has 0 radical (unpaired) electrons. The molecule has 30 heavy (non-hydrogen) atoms. The van der Waals surface area contributed by atoms with Crippen molar-refractivity contribution in [1.29, 1.82) is 0 Å². The van der Waals surface area contributed by atoms with Gasteiger partial charge in [-0.05, 0) is 35.6 Å². The Morgan fingerprint density at radius 3 is 2.77 bits per heavy atom. The van der Waals surface area contributed by atoms with Crippen LogP contribution in [0.1, 0.15) is 36.5 Å². The summed E-state index contributed by atoms with van der Waals surface area (Å²) in [5, 5.41) is 11.4. The Kier molecular flexibility index (Phi) is 8.04. The molecule has 0 bridgehead atoms. The summed E-state index contributed by atoms with van der Waals surface area (Å²) in [5.74, 6) is 1.61. The first-order valence-corrected chi connectivity index (χ1v) is 11.5. The topological polar surface area (TPSA) is 64.1 Å². The average molecular weight is 440 g/mol. The van der Waals surface area contributed by atoms with E-state index >= 15 is 0 Å². The van der Waals surface area contributed by atoms with E-state index < -0.39 is 0 Å². The third-order valence-electron chi connectivity index (χ3n) is 4.22. The first-order valence-electron chi connectivity index (χ1n) is 9.72. The maximum Gasteiger partial charge on any atom is 0.264 e. The maximum absolute atomic E-state index is 12.3. The third-order valence-corrected chi connectivity index (χ3v) is 6.14. The molecule has 2 aromatic carbocycles. The number of hydrogen-bond acceptors (Lipinski definition) is 6. The number of amides is 1. The van der Waals surface area contributed by atoms with Gasteiger partial charge in [-0.1, -0.05) is 91.6 Å². The number of nitrogens with zero attached hydrogens (tertiary/aromatic N) is 2. The van der Waals surface area contributed by atoms with Crippen molar-refractivity contribution in [3.05, 3.63) is 71.3 Å². The highest BCUT2D eigenvalue weighted by atomic mass is 32.2. The predicted octanol–water partition coefficient (Wildman–Crippen LogP) is 5.79. The third kappa shape index (κ3) is 6.71. The minimum absolute atomic E-state index is 0.0644. The van der Waals surface area contributed by atoms with Crippen molar-refractivity contribution >= 4 is 40.2 Å². The molecular formula is C23H25N3O2S2. The summed E-state index contributed by atoms with van der Waals surface area (Å²) >= 11 is 2.94. The van der Waals surface area contributed by atoms with Crippen LogP contribution in [-0.4, -0.2) is 28.5 Å². The van der Waals surface area contributed by atoms with Gasteiger partial charge in [-0.25, -0.2) is 0 Å². The molecule has 1 N–H and O–H groups in total. The highest BCUT2D eigenvalue weighted by Crippen LogP contribution is 2.28. The second-order valence-corrected chi connectivity index (χ2v) is 9.27. The molecule has 0 atom stereocenters. The van der Waals surface area contributed by atoms with Crippen molar-refractivity contribution in [2.24, 2.45) is 0 Å². The second kappa shape index (κ2) is 10.9. The van der Waals surface area contributed by atoms with Crippen LogP contribution in [0.15, 0.2) is 58.9 Å². The lowest BCUT2D eigenvalue weighted by Gasteiger charge is -2.14. The molecule has 3 aromatic rings. The molecule has 5 nitrogen and oxygen atoms in total. The molecule has 0 spiro atoms. The average Bonchev–Trinajstić information content (AvgIpc) is 3.17. The molecule has 0 saturated carbocycles. The monoisotopic (exact) mass is 439 g/mol. The van der Waals surface area contributed by atoms with Gasteiger partial charge in [0.1, 0.15) is 5.75 Å². The normalized spacial score (nSPS) is 11.2. The lowest BCUT2D eigenvalue weighted by atomic mass is 10.0. The Morgan fingerprint density at radius 1 is 1.20 bits per heavy atom. The number of carbonyl (C=O) groups is 1. The molecule has 0 unspecified atom stereocenters. The van der Waals surface area contributed by atoms with Crippen LogP contribution < -0.4 is 10.1 Å². The van der Waals surface area contributed by atoms with E-state index in [0.717, 1.165) is 32.5 Å². The summed E-state index contributed by atoms with van der Waals surface area (Å²) in [6.07, 6.45) is 4.16. The summed E-state index contributed by atoms with van der Waals surface area (Å²) in [7, 11) is 0. The molecule has 1 heterocycles. The number of carbonyl (C=O) groups excluding carboxylic acids is 1. The van der Waals surface area contributed by atoms with Gasteiger partial charge in [0.25, 0.3) is 5.91 Å². The van der Waals surface area contributed by atoms with Crippen molar-refractivity contribution in [2.45, 2.75) is 31.0 Å². The molecular weight excluding hydrogens is 414 g/mol. The first-order chi connectivity index (χ1) is 14.5. The Balaban J connectivity index is 1.47. The number of hydrogen-bond donors (Lipinski definition) is 1. The highest BCUT2D eigenvalue weighted by molar-refractivity contribution is 8.01. The summed E-state index contributed by atoms with van der Waals surface area (Å²) in [6, 6.07) is 16.2. The van der Waals surface area contributed by atoms with Gasteiger partial charge in [-0.15, -0.1) is 10.2 Å². The van der Waals surface area contributed by atoms with Crippen molar-refractivity contribution < 1.29 is 9.53 Å². The summed E-state index contributed by atoms with van der Waals surface area (Å²) in [4.78, 5) is 12.3. The Bertz CT molecular complexity index is 1000. The molecule has 0 saturated heterocycles. The van der Waals surface area contributed by atoms with Gasteiger partial charge >= 0.3 is 0 Å². The lowest BCUT2D eigenvalue weighted by Crippen LogP contribution is -2.20. The highest BCUT2D eigenvalue weighted by Gasteiger charge is 2.12. The fraction of sp³-hybridized carbons (Fsp3) is 0.261. The summed E-state index contributed by atoms with van der Waals surface area (Å²) in [6.45, 7) is 6.15. The minimum Gasteiger partial charge on any atom is -0.483 e. The Labute approximate surface area is 185 Å². The van der Waals surface area contributed by atoms with E-state index in [9.17, 15) is 4.79 Å². The fourth-order valence-corrected chi connectivity index (χ4v) is 4.33. The van der Waals surface area contributed by atoms with E-state index in [2.05, 4.69) is 59.7 Å². The van der Waals surface area contributed by atoms with Crippen LogP contribution in [0, 0.1) is 6.92 Å². The number of nitrogens with one attached hydrogen (secondary N) is 1. The van der Waals surface area contributed by atoms with Crippen LogP contribution >= 0.6 is 23.1 Å². The van der Waals surface area contributed by atoms with Crippen LogP contribution in [0.5, 0.6) is 5.75 Å². The van der Waals surface area contributed by atoms with Gasteiger partial charge in [0, 0.05) is 5.75 Å². The van der Waals surface area contributed by atoms with E-state index in [0.29, 0.717) is 11.0 Å². The molecule has 0 fully saturated rings. The SMILES string of the molecule is Cc1ccc(C(C)C)c(OCC(=O)Nc2nnc(SC/C=C/c3ccccc3)s2)c1. The lowest BCUT2D eigenvalue weighted by molar-refractivity contribution is -0.118. The maximum atomic E-state index is 12.3. The van der Waals surface area contributed by atoms with Gasteiger partial charge in [-0.2, -0.15) is 0 Å². The van der Waals surface area contributed by atoms with E-state index in [1.807, 2.05) is 37.3 Å². The second-order valence-electron chi connectivity index (χ2n) is 7.03. The van der Waals surface area contributed by atoms with Crippen LogP contribution in [0.2, 0.25) is 0 Å². The van der Waals surface area contributed by atoms with Crippen LogP contribution in [0.3, 0.4) is 0 Å². The standard InChI is InChI=1S/C23H25N3O2S2/c1-16(2)19-12-11-17(3)14-20(19)28-15-21(27)24-22-25-26-23(30-22)29-13-7-10-18-8-5-4-6-9-18/h4-12,14,16H,13,15H2,1-3H3,(H,24,25,27)/b10-7+. The number of ether oxygens (including phenoxy) is 1. The zero-order chi connectivity index (χ0) is 21.3. The zero-order valence-electron chi connectivity index (χ0n) is 17.3. The van der Waals surface area contributed by atoms with Crippen LogP contribution in [0.25, 0.3) is 6.08 Å². The fourth-order valence-electron chi connectivity index (χ4n) is 2.73.